The van der Waals surface area contributed by atoms with E-state index in [4.69, 9.17) is 4.74 Å². The maximum atomic E-state index is 13.1. The first kappa shape index (κ1) is 18.0. The topological polar surface area (TPSA) is 76.1 Å². The van der Waals surface area contributed by atoms with Crippen LogP contribution in [0.1, 0.15) is 12.8 Å². The zero-order valence-corrected chi connectivity index (χ0v) is 14.8. The van der Waals surface area contributed by atoms with Crippen LogP contribution in [0.4, 0.5) is 19.6 Å². The number of hydrogen-bond donors (Lipinski definition) is 2. The van der Waals surface area contributed by atoms with Crippen molar-refractivity contribution in [3.8, 4) is 0 Å². The number of hydrogen-bond acceptors (Lipinski definition) is 7. The van der Waals surface area contributed by atoms with Crippen molar-refractivity contribution in [1.82, 2.24) is 10.2 Å². The molecule has 2 N–H and O–H groups in total. The molecular formula is C15H16F2N4O2S2. The molecule has 0 bridgehead atoms. The quantitative estimate of drug-likeness (QED) is 0.712. The fourth-order valence-corrected chi connectivity index (χ4v) is 3.80. The average Bonchev–Trinajstić information content (AvgIpc) is 3.26. The third-order valence-corrected chi connectivity index (χ3v) is 5.46. The highest BCUT2D eigenvalue weighted by Gasteiger charge is 2.16. The number of nitrogens with one attached hydrogen (secondary N) is 2. The van der Waals surface area contributed by atoms with Crippen molar-refractivity contribution in [3.63, 3.8) is 0 Å². The van der Waals surface area contributed by atoms with E-state index in [1.54, 1.807) is 0 Å². The van der Waals surface area contributed by atoms with Crippen LogP contribution in [0.15, 0.2) is 22.5 Å². The largest absolute Gasteiger partial charge is 0.376 e. The Balaban J connectivity index is 1.43. The molecule has 2 heterocycles. The Morgan fingerprint density at radius 1 is 1.36 bits per heavy atom. The second-order valence-corrected chi connectivity index (χ2v) is 7.55. The number of amides is 1. The van der Waals surface area contributed by atoms with Gasteiger partial charge in [0.1, 0.15) is 0 Å². The van der Waals surface area contributed by atoms with Gasteiger partial charge in [0, 0.05) is 24.9 Å². The van der Waals surface area contributed by atoms with E-state index >= 15 is 0 Å². The summed E-state index contributed by atoms with van der Waals surface area (Å²) in [6.07, 6.45) is 2.33. The zero-order valence-electron chi connectivity index (χ0n) is 13.1. The number of thioether (sulfide) groups is 1. The monoisotopic (exact) mass is 386 g/mol. The number of aromatic nitrogens is 2. The van der Waals surface area contributed by atoms with Gasteiger partial charge in [-0.1, -0.05) is 23.1 Å². The third kappa shape index (κ3) is 5.35. The molecule has 1 saturated heterocycles. The number of anilines is 2. The minimum Gasteiger partial charge on any atom is -0.376 e. The molecule has 3 rings (SSSR count). The van der Waals surface area contributed by atoms with E-state index < -0.39 is 11.6 Å². The van der Waals surface area contributed by atoms with Crippen molar-refractivity contribution in [3.05, 3.63) is 29.8 Å². The highest BCUT2D eigenvalue weighted by atomic mass is 32.2. The standard InChI is InChI=1S/C15H16F2N4O2S2/c16-11-4-3-9(6-12(11)17)19-13(22)8-24-15-21-20-14(25-15)18-7-10-2-1-5-23-10/h3-4,6,10H,1-2,5,7-8H2,(H,18,20)(H,19,22)/t10-/m0/s1. The van der Waals surface area contributed by atoms with Gasteiger partial charge >= 0.3 is 0 Å². The predicted octanol–water partition coefficient (Wildman–Crippen LogP) is 3.14. The van der Waals surface area contributed by atoms with Crippen LogP contribution in [-0.4, -0.2) is 41.1 Å². The number of carbonyl (C=O) groups excluding carboxylic acids is 1. The summed E-state index contributed by atoms with van der Waals surface area (Å²) in [5.74, 6) is -2.19. The fraction of sp³-hybridized carbons (Fsp3) is 0.400. The lowest BCUT2D eigenvalue weighted by Crippen LogP contribution is -2.18. The van der Waals surface area contributed by atoms with Crippen LogP contribution in [0.2, 0.25) is 0 Å². The molecule has 0 aliphatic carbocycles. The summed E-state index contributed by atoms with van der Waals surface area (Å²) in [7, 11) is 0. The van der Waals surface area contributed by atoms with Gasteiger partial charge in [0.25, 0.3) is 0 Å². The highest BCUT2D eigenvalue weighted by molar-refractivity contribution is 8.01. The Kier molecular flexibility index (Phi) is 6.16. The number of ether oxygens (including phenoxy) is 1. The lowest BCUT2D eigenvalue weighted by molar-refractivity contribution is -0.113. The summed E-state index contributed by atoms with van der Waals surface area (Å²) in [4.78, 5) is 11.9. The highest BCUT2D eigenvalue weighted by Crippen LogP contribution is 2.26. The van der Waals surface area contributed by atoms with Gasteiger partial charge in [-0.05, 0) is 25.0 Å². The lowest BCUT2D eigenvalue weighted by atomic mass is 10.2. The van der Waals surface area contributed by atoms with E-state index in [1.807, 2.05) is 0 Å². The van der Waals surface area contributed by atoms with Crippen LogP contribution in [0.25, 0.3) is 0 Å². The van der Waals surface area contributed by atoms with Gasteiger partial charge in [-0.3, -0.25) is 4.79 Å². The lowest BCUT2D eigenvalue weighted by Gasteiger charge is -2.08. The van der Waals surface area contributed by atoms with Crippen LogP contribution < -0.4 is 10.6 Å². The summed E-state index contributed by atoms with van der Waals surface area (Å²) in [6, 6.07) is 3.21. The van der Waals surface area contributed by atoms with Gasteiger partial charge in [0.15, 0.2) is 16.0 Å². The normalized spacial score (nSPS) is 16.8. The van der Waals surface area contributed by atoms with Gasteiger partial charge in [0.05, 0.1) is 11.9 Å². The third-order valence-electron chi connectivity index (χ3n) is 3.44. The molecule has 1 amide bonds. The predicted molar refractivity (Wildman–Crippen MR) is 93.1 cm³/mol. The van der Waals surface area contributed by atoms with E-state index in [9.17, 15) is 13.6 Å². The molecule has 1 atom stereocenters. The number of benzene rings is 1. The van der Waals surface area contributed by atoms with Gasteiger partial charge in [0.2, 0.25) is 11.0 Å². The van der Waals surface area contributed by atoms with Crippen molar-refractivity contribution in [1.29, 1.82) is 0 Å². The molecule has 2 aromatic rings. The molecule has 134 valence electrons. The van der Waals surface area contributed by atoms with Crippen LogP contribution >= 0.6 is 23.1 Å². The first-order valence-corrected chi connectivity index (χ1v) is 9.47. The Bertz CT molecular complexity index is 738. The molecule has 0 spiro atoms. The first-order valence-electron chi connectivity index (χ1n) is 7.67. The van der Waals surface area contributed by atoms with Gasteiger partial charge in [-0.25, -0.2) is 8.78 Å². The summed E-state index contributed by atoms with van der Waals surface area (Å²) >= 11 is 2.58. The number of rotatable bonds is 7. The molecule has 10 heteroatoms. The first-order chi connectivity index (χ1) is 12.1. The number of nitrogens with zero attached hydrogens (tertiary/aromatic N) is 2. The maximum absolute atomic E-state index is 13.1. The van der Waals surface area contributed by atoms with Crippen LogP contribution in [-0.2, 0) is 9.53 Å². The van der Waals surface area contributed by atoms with E-state index in [-0.39, 0.29) is 23.5 Å². The van der Waals surface area contributed by atoms with Crippen LogP contribution in [0.5, 0.6) is 0 Å². The summed E-state index contributed by atoms with van der Waals surface area (Å²) in [5, 5.41) is 14.4. The maximum Gasteiger partial charge on any atom is 0.234 e. The van der Waals surface area contributed by atoms with Crippen molar-refractivity contribution >= 4 is 39.8 Å². The number of carbonyl (C=O) groups is 1. The fourth-order valence-electron chi connectivity index (χ4n) is 2.24. The van der Waals surface area contributed by atoms with E-state index in [1.165, 1.54) is 29.2 Å². The zero-order chi connectivity index (χ0) is 17.6. The summed E-state index contributed by atoms with van der Waals surface area (Å²) in [5.41, 5.74) is 0.209. The van der Waals surface area contributed by atoms with Crippen molar-refractivity contribution < 1.29 is 18.3 Å². The van der Waals surface area contributed by atoms with Crippen LogP contribution in [0, 0.1) is 11.6 Å². The van der Waals surface area contributed by atoms with E-state index in [2.05, 4.69) is 20.8 Å². The molecule has 0 radical (unpaired) electrons. The molecule has 6 nitrogen and oxygen atoms in total. The molecule has 25 heavy (non-hydrogen) atoms. The molecular weight excluding hydrogens is 370 g/mol. The van der Waals surface area contributed by atoms with E-state index in [0.29, 0.717) is 16.0 Å². The average molecular weight is 386 g/mol. The van der Waals surface area contributed by atoms with E-state index in [0.717, 1.165) is 31.6 Å². The molecule has 1 aliphatic rings. The summed E-state index contributed by atoms with van der Waals surface area (Å²) in [6.45, 7) is 1.49. The Morgan fingerprint density at radius 3 is 3.00 bits per heavy atom. The Morgan fingerprint density at radius 2 is 2.24 bits per heavy atom. The van der Waals surface area contributed by atoms with Crippen molar-refractivity contribution in [2.45, 2.75) is 23.3 Å². The van der Waals surface area contributed by atoms with Crippen molar-refractivity contribution in [2.24, 2.45) is 0 Å². The molecule has 1 fully saturated rings. The second-order valence-electron chi connectivity index (χ2n) is 5.35. The molecule has 0 saturated carbocycles. The Hall–Kier alpha value is -1.78. The summed E-state index contributed by atoms with van der Waals surface area (Å²) < 4.78 is 32.1. The molecule has 1 aromatic carbocycles. The van der Waals surface area contributed by atoms with Crippen LogP contribution in [0.3, 0.4) is 0 Å². The molecule has 1 aromatic heterocycles. The van der Waals surface area contributed by atoms with Gasteiger partial charge in [-0.2, -0.15) is 0 Å². The van der Waals surface area contributed by atoms with Gasteiger partial charge < -0.3 is 15.4 Å². The SMILES string of the molecule is O=C(CSc1nnc(NC[C@@H]2CCCO2)s1)Nc1ccc(F)c(F)c1. The smallest absolute Gasteiger partial charge is 0.234 e. The second kappa shape index (κ2) is 8.54. The van der Waals surface area contributed by atoms with Crippen molar-refractivity contribution in [2.75, 3.05) is 29.5 Å². The van der Waals surface area contributed by atoms with Gasteiger partial charge in [-0.15, -0.1) is 10.2 Å². The Labute approximate surface area is 151 Å². The minimum atomic E-state index is -1.00. The number of halogens is 2. The minimum absolute atomic E-state index is 0.0966. The molecule has 1 aliphatic heterocycles. The molecule has 0 unspecified atom stereocenters.